The molecule has 1 amide bonds. The first-order valence-electron chi connectivity index (χ1n) is 5.46. The van der Waals surface area contributed by atoms with E-state index in [0.29, 0.717) is 5.69 Å². The van der Waals surface area contributed by atoms with Crippen LogP contribution in [0.5, 0.6) is 5.75 Å². The van der Waals surface area contributed by atoms with E-state index in [1.165, 1.54) is 12.4 Å². The largest absolute Gasteiger partial charge is 0.506 e. The second-order valence-electron chi connectivity index (χ2n) is 4.02. The minimum atomic E-state index is -0.401. The monoisotopic (exact) mass is 243 g/mol. The molecule has 92 valence electrons. The number of nitrogens with one attached hydrogen (secondary N) is 1. The lowest BCUT2D eigenvalue weighted by molar-refractivity contribution is 0.102. The molecule has 0 aliphatic rings. The molecule has 0 aliphatic carbocycles. The highest BCUT2D eigenvalue weighted by Gasteiger charge is 2.10. The highest BCUT2D eigenvalue weighted by Crippen LogP contribution is 2.24. The summed E-state index contributed by atoms with van der Waals surface area (Å²) < 4.78 is 0. The van der Waals surface area contributed by atoms with Gasteiger partial charge in [-0.3, -0.25) is 9.78 Å². The van der Waals surface area contributed by atoms with Gasteiger partial charge in [-0.05, 0) is 31.5 Å². The van der Waals surface area contributed by atoms with Gasteiger partial charge in [-0.1, -0.05) is 6.07 Å². The van der Waals surface area contributed by atoms with Crippen LogP contribution >= 0.6 is 0 Å². The maximum Gasteiger partial charge on any atom is 0.275 e. The Morgan fingerprint density at radius 2 is 2.00 bits per heavy atom. The lowest BCUT2D eigenvalue weighted by Crippen LogP contribution is -2.14. The van der Waals surface area contributed by atoms with Gasteiger partial charge < -0.3 is 10.4 Å². The summed E-state index contributed by atoms with van der Waals surface area (Å²) in [6.45, 7) is 3.65. The van der Waals surface area contributed by atoms with Crippen LogP contribution in [0.25, 0.3) is 0 Å². The molecule has 5 heteroatoms. The van der Waals surface area contributed by atoms with Crippen molar-refractivity contribution < 1.29 is 9.90 Å². The summed E-state index contributed by atoms with van der Waals surface area (Å²) in [5, 5.41) is 12.3. The van der Waals surface area contributed by atoms with Gasteiger partial charge in [0.05, 0.1) is 17.6 Å². The predicted octanol–water partition coefficient (Wildman–Crippen LogP) is 2.05. The number of anilines is 1. The molecule has 2 rings (SSSR count). The van der Waals surface area contributed by atoms with Crippen molar-refractivity contribution in [2.75, 3.05) is 5.32 Å². The van der Waals surface area contributed by atoms with Crippen molar-refractivity contribution in [1.82, 2.24) is 9.97 Å². The van der Waals surface area contributed by atoms with Crippen molar-refractivity contribution in [3.05, 3.63) is 47.5 Å². The zero-order chi connectivity index (χ0) is 13.1. The molecule has 2 N–H and O–H groups in total. The van der Waals surface area contributed by atoms with Gasteiger partial charge in [0.15, 0.2) is 0 Å². The average molecular weight is 243 g/mol. The number of aromatic hydroxyl groups is 1. The highest BCUT2D eigenvalue weighted by atomic mass is 16.3. The maximum atomic E-state index is 11.8. The summed E-state index contributed by atoms with van der Waals surface area (Å²) in [7, 11) is 0. The third-order valence-electron chi connectivity index (χ3n) is 2.42. The number of aromatic nitrogens is 2. The lowest BCUT2D eigenvalue weighted by Gasteiger charge is -2.07. The predicted molar refractivity (Wildman–Crippen MR) is 67.6 cm³/mol. The van der Waals surface area contributed by atoms with Gasteiger partial charge in [0.2, 0.25) is 0 Å². The van der Waals surface area contributed by atoms with Crippen LogP contribution in [0.4, 0.5) is 5.69 Å². The minimum Gasteiger partial charge on any atom is -0.506 e. The van der Waals surface area contributed by atoms with E-state index in [9.17, 15) is 9.90 Å². The molecule has 0 spiro atoms. The van der Waals surface area contributed by atoms with E-state index in [1.807, 2.05) is 6.92 Å². The quantitative estimate of drug-likeness (QED) is 0.791. The fourth-order valence-corrected chi connectivity index (χ4v) is 1.44. The summed E-state index contributed by atoms with van der Waals surface area (Å²) in [5.74, 6) is -0.370. The van der Waals surface area contributed by atoms with Crippen molar-refractivity contribution in [2.45, 2.75) is 13.8 Å². The SMILES string of the molecule is Cc1ccc(NC(=O)c2cnc(C)cn2)c(O)c1. The molecule has 5 nitrogen and oxygen atoms in total. The first-order chi connectivity index (χ1) is 8.56. The number of nitrogens with zero attached hydrogens (tertiary/aromatic N) is 2. The number of rotatable bonds is 2. The Morgan fingerprint density at radius 3 is 2.61 bits per heavy atom. The minimum absolute atomic E-state index is 0.0309. The number of benzene rings is 1. The van der Waals surface area contributed by atoms with E-state index in [2.05, 4.69) is 15.3 Å². The zero-order valence-electron chi connectivity index (χ0n) is 10.1. The van der Waals surface area contributed by atoms with Gasteiger partial charge in [0, 0.05) is 6.20 Å². The molecule has 0 aliphatic heterocycles. The number of carbonyl (C=O) groups is 1. The number of amides is 1. The second kappa shape index (κ2) is 4.83. The topological polar surface area (TPSA) is 75.1 Å². The van der Waals surface area contributed by atoms with E-state index < -0.39 is 5.91 Å². The third-order valence-corrected chi connectivity index (χ3v) is 2.42. The number of hydrogen-bond acceptors (Lipinski definition) is 4. The highest BCUT2D eigenvalue weighted by molar-refractivity contribution is 6.03. The number of phenols is 1. The van der Waals surface area contributed by atoms with Crippen molar-refractivity contribution >= 4 is 11.6 Å². The molecule has 1 aromatic carbocycles. The Hall–Kier alpha value is -2.43. The van der Waals surface area contributed by atoms with E-state index in [0.717, 1.165) is 11.3 Å². The molecule has 18 heavy (non-hydrogen) atoms. The molecule has 0 saturated carbocycles. The Bertz CT molecular complexity index is 579. The number of hydrogen-bond donors (Lipinski definition) is 2. The molecule has 1 heterocycles. The normalized spacial score (nSPS) is 10.1. The van der Waals surface area contributed by atoms with Crippen LogP contribution < -0.4 is 5.32 Å². The molecule has 0 bridgehead atoms. The summed E-state index contributed by atoms with van der Waals surface area (Å²) >= 11 is 0. The Balaban J connectivity index is 2.18. The number of phenolic OH excluding ortho intramolecular Hbond substituents is 1. The smallest absolute Gasteiger partial charge is 0.275 e. The molecule has 0 radical (unpaired) electrons. The Morgan fingerprint density at radius 1 is 1.22 bits per heavy atom. The van der Waals surface area contributed by atoms with Gasteiger partial charge >= 0.3 is 0 Å². The van der Waals surface area contributed by atoms with Gasteiger partial charge in [-0.25, -0.2) is 4.98 Å². The van der Waals surface area contributed by atoms with Crippen molar-refractivity contribution in [2.24, 2.45) is 0 Å². The summed E-state index contributed by atoms with van der Waals surface area (Å²) in [6.07, 6.45) is 2.92. The molecule has 2 aromatic rings. The molecular formula is C13H13N3O2. The molecular weight excluding hydrogens is 230 g/mol. The third kappa shape index (κ3) is 2.63. The van der Waals surface area contributed by atoms with Crippen LogP contribution in [-0.4, -0.2) is 21.0 Å². The summed E-state index contributed by atoms with van der Waals surface area (Å²) in [4.78, 5) is 19.8. The maximum absolute atomic E-state index is 11.8. The Labute approximate surface area is 105 Å². The first-order valence-corrected chi connectivity index (χ1v) is 5.46. The number of aryl methyl sites for hydroxylation is 2. The van der Waals surface area contributed by atoms with E-state index in [4.69, 9.17) is 0 Å². The molecule has 0 atom stereocenters. The fraction of sp³-hybridized carbons (Fsp3) is 0.154. The van der Waals surface area contributed by atoms with E-state index in [-0.39, 0.29) is 11.4 Å². The van der Waals surface area contributed by atoms with Crippen LogP contribution in [0, 0.1) is 13.8 Å². The van der Waals surface area contributed by atoms with Crippen LogP contribution in [0.1, 0.15) is 21.7 Å². The standard InChI is InChI=1S/C13H13N3O2/c1-8-3-4-10(12(17)5-8)16-13(18)11-7-14-9(2)6-15-11/h3-7,17H,1-2H3,(H,16,18). The van der Waals surface area contributed by atoms with Crippen LogP contribution in [-0.2, 0) is 0 Å². The van der Waals surface area contributed by atoms with Crippen LogP contribution in [0.15, 0.2) is 30.6 Å². The molecule has 0 fully saturated rings. The van der Waals surface area contributed by atoms with Gasteiger partial charge in [-0.2, -0.15) is 0 Å². The van der Waals surface area contributed by atoms with Crippen molar-refractivity contribution in [3.8, 4) is 5.75 Å². The molecule has 0 saturated heterocycles. The van der Waals surface area contributed by atoms with E-state index >= 15 is 0 Å². The summed E-state index contributed by atoms with van der Waals surface area (Å²) in [5.41, 5.74) is 2.22. The molecule has 1 aromatic heterocycles. The second-order valence-corrected chi connectivity index (χ2v) is 4.02. The van der Waals surface area contributed by atoms with Crippen molar-refractivity contribution in [1.29, 1.82) is 0 Å². The summed E-state index contributed by atoms with van der Waals surface area (Å²) in [6, 6.07) is 5.02. The number of carbonyl (C=O) groups excluding carboxylic acids is 1. The van der Waals surface area contributed by atoms with Crippen LogP contribution in [0.2, 0.25) is 0 Å². The first kappa shape index (κ1) is 12.0. The van der Waals surface area contributed by atoms with Gasteiger partial charge in [0.1, 0.15) is 11.4 Å². The van der Waals surface area contributed by atoms with Crippen molar-refractivity contribution in [3.63, 3.8) is 0 Å². The van der Waals surface area contributed by atoms with Crippen LogP contribution in [0.3, 0.4) is 0 Å². The average Bonchev–Trinajstić information content (AvgIpc) is 2.33. The fourth-order valence-electron chi connectivity index (χ4n) is 1.44. The van der Waals surface area contributed by atoms with Gasteiger partial charge in [0.25, 0.3) is 5.91 Å². The molecule has 0 unspecified atom stereocenters. The zero-order valence-corrected chi connectivity index (χ0v) is 10.1. The van der Waals surface area contributed by atoms with E-state index in [1.54, 1.807) is 25.1 Å². The van der Waals surface area contributed by atoms with Gasteiger partial charge in [-0.15, -0.1) is 0 Å². The lowest BCUT2D eigenvalue weighted by atomic mass is 10.2. The Kier molecular flexibility index (Phi) is 3.23.